The Balaban J connectivity index is 1.76. The van der Waals surface area contributed by atoms with Crippen LogP contribution < -0.4 is 0 Å². The Labute approximate surface area is 112 Å². The van der Waals surface area contributed by atoms with Crippen molar-refractivity contribution < 1.29 is 0 Å². The number of nitriles is 1. The van der Waals surface area contributed by atoms with E-state index in [0.717, 1.165) is 18.5 Å². The molecule has 2 aliphatic rings. The number of rotatable bonds is 2. The molecular formula is C14H19N3S. The molecular weight excluding hydrogens is 242 g/mol. The van der Waals surface area contributed by atoms with Crippen molar-refractivity contribution in [1.29, 1.82) is 5.26 Å². The molecule has 2 heterocycles. The number of nitrogens with zero attached hydrogens (tertiary/aromatic N) is 3. The lowest BCUT2D eigenvalue weighted by Gasteiger charge is -2.33. The second kappa shape index (κ2) is 4.64. The van der Waals surface area contributed by atoms with E-state index in [9.17, 15) is 5.26 Å². The SMILES string of the molecule is CN1CCC(c2nc(C3(C#N)CCC3)cs2)CC1. The van der Waals surface area contributed by atoms with Crippen LogP contribution in [0, 0.1) is 11.3 Å². The van der Waals surface area contributed by atoms with Gasteiger partial charge in [-0.2, -0.15) is 5.26 Å². The molecule has 3 nitrogen and oxygen atoms in total. The third kappa shape index (κ3) is 1.96. The first-order valence-electron chi connectivity index (χ1n) is 6.79. The monoisotopic (exact) mass is 261 g/mol. The fourth-order valence-electron chi connectivity index (χ4n) is 2.91. The van der Waals surface area contributed by atoms with Crippen LogP contribution >= 0.6 is 11.3 Å². The van der Waals surface area contributed by atoms with Crippen molar-refractivity contribution in [3.63, 3.8) is 0 Å². The van der Waals surface area contributed by atoms with Gasteiger partial charge in [0.1, 0.15) is 5.41 Å². The number of hydrogen-bond donors (Lipinski definition) is 0. The molecule has 0 aromatic carbocycles. The lowest BCUT2D eigenvalue weighted by Crippen LogP contribution is -2.33. The minimum absolute atomic E-state index is 0.236. The van der Waals surface area contributed by atoms with Crippen LogP contribution in [0.15, 0.2) is 5.38 Å². The van der Waals surface area contributed by atoms with Crippen LogP contribution in [0.2, 0.25) is 0 Å². The average molecular weight is 261 g/mol. The van der Waals surface area contributed by atoms with Gasteiger partial charge in [-0.1, -0.05) is 0 Å². The van der Waals surface area contributed by atoms with Crippen molar-refractivity contribution >= 4 is 11.3 Å². The van der Waals surface area contributed by atoms with Gasteiger partial charge in [-0.25, -0.2) is 4.98 Å². The molecule has 18 heavy (non-hydrogen) atoms. The highest BCUT2D eigenvalue weighted by Crippen LogP contribution is 2.44. The van der Waals surface area contributed by atoms with Gasteiger partial charge >= 0.3 is 0 Å². The second-order valence-corrected chi connectivity index (χ2v) is 6.59. The van der Waals surface area contributed by atoms with Crippen molar-refractivity contribution in [2.24, 2.45) is 0 Å². The maximum absolute atomic E-state index is 9.35. The molecule has 0 unspecified atom stereocenters. The third-order valence-electron chi connectivity index (χ3n) is 4.50. The van der Waals surface area contributed by atoms with Crippen LogP contribution in [-0.4, -0.2) is 30.0 Å². The highest BCUT2D eigenvalue weighted by molar-refractivity contribution is 7.09. The quantitative estimate of drug-likeness (QED) is 0.822. The summed E-state index contributed by atoms with van der Waals surface area (Å²) in [5, 5.41) is 12.8. The zero-order valence-electron chi connectivity index (χ0n) is 10.9. The molecule has 3 rings (SSSR count). The Hall–Kier alpha value is -0.920. The normalized spacial score (nSPS) is 24.4. The van der Waals surface area contributed by atoms with Gasteiger partial charge in [0.2, 0.25) is 0 Å². The van der Waals surface area contributed by atoms with E-state index < -0.39 is 0 Å². The van der Waals surface area contributed by atoms with Crippen molar-refractivity contribution in [3.8, 4) is 6.07 Å². The molecule has 2 fully saturated rings. The molecule has 0 N–H and O–H groups in total. The summed E-state index contributed by atoms with van der Waals surface area (Å²) in [6.07, 6.45) is 5.60. The zero-order chi connectivity index (χ0) is 12.6. The van der Waals surface area contributed by atoms with E-state index in [0.29, 0.717) is 5.92 Å². The molecule has 1 saturated heterocycles. The van der Waals surface area contributed by atoms with Crippen molar-refractivity contribution in [1.82, 2.24) is 9.88 Å². The van der Waals surface area contributed by atoms with E-state index in [1.165, 1.54) is 37.4 Å². The third-order valence-corrected chi connectivity index (χ3v) is 5.51. The van der Waals surface area contributed by atoms with E-state index in [-0.39, 0.29) is 5.41 Å². The number of hydrogen-bond acceptors (Lipinski definition) is 4. The van der Waals surface area contributed by atoms with Gasteiger partial charge in [0.05, 0.1) is 16.8 Å². The Morgan fingerprint density at radius 1 is 1.44 bits per heavy atom. The molecule has 0 radical (unpaired) electrons. The molecule has 1 aromatic heterocycles. The zero-order valence-corrected chi connectivity index (χ0v) is 11.7. The largest absolute Gasteiger partial charge is 0.306 e. The lowest BCUT2D eigenvalue weighted by molar-refractivity contribution is 0.254. The second-order valence-electron chi connectivity index (χ2n) is 5.70. The van der Waals surface area contributed by atoms with E-state index in [4.69, 9.17) is 4.98 Å². The lowest BCUT2D eigenvalue weighted by atomic mass is 9.68. The van der Waals surface area contributed by atoms with Gasteiger partial charge < -0.3 is 4.90 Å². The van der Waals surface area contributed by atoms with E-state index >= 15 is 0 Å². The van der Waals surface area contributed by atoms with Gasteiger partial charge in [0.25, 0.3) is 0 Å². The number of thiazole rings is 1. The van der Waals surface area contributed by atoms with Gasteiger partial charge in [-0.15, -0.1) is 11.3 Å². The molecule has 1 saturated carbocycles. The Morgan fingerprint density at radius 2 is 2.17 bits per heavy atom. The smallest absolute Gasteiger partial charge is 0.100 e. The predicted molar refractivity (Wildman–Crippen MR) is 72.7 cm³/mol. The predicted octanol–water partition coefficient (Wildman–Crippen LogP) is 2.90. The maximum Gasteiger partial charge on any atom is 0.100 e. The van der Waals surface area contributed by atoms with Crippen molar-refractivity contribution in [2.45, 2.75) is 43.4 Å². The first-order chi connectivity index (χ1) is 8.73. The highest BCUT2D eigenvalue weighted by atomic mass is 32.1. The first-order valence-corrected chi connectivity index (χ1v) is 7.67. The number of aromatic nitrogens is 1. The number of piperidine rings is 1. The van der Waals surface area contributed by atoms with Crippen molar-refractivity contribution in [2.75, 3.05) is 20.1 Å². The van der Waals surface area contributed by atoms with Crippen LogP contribution in [0.5, 0.6) is 0 Å². The molecule has 1 aliphatic carbocycles. The summed E-state index contributed by atoms with van der Waals surface area (Å²) in [7, 11) is 2.18. The first kappa shape index (κ1) is 12.1. The Morgan fingerprint density at radius 3 is 2.72 bits per heavy atom. The molecule has 1 aromatic rings. The molecule has 0 amide bonds. The molecule has 0 bridgehead atoms. The molecule has 0 atom stereocenters. The molecule has 96 valence electrons. The van der Waals surface area contributed by atoms with Crippen molar-refractivity contribution in [3.05, 3.63) is 16.1 Å². The van der Waals surface area contributed by atoms with E-state index in [1.807, 2.05) is 0 Å². The van der Waals surface area contributed by atoms with Crippen LogP contribution in [0.4, 0.5) is 0 Å². The molecule has 4 heteroatoms. The minimum Gasteiger partial charge on any atom is -0.306 e. The van der Waals surface area contributed by atoms with Crippen LogP contribution in [0.25, 0.3) is 0 Å². The van der Waals surface area contributed by atoms with Gasteiger partial charge in [0, 0.05) is 11.3 Å². The summed E-state index contributed by atoms with van der Waals surface area (Å²) in [5.41, 5.74) is 0.815. The summed E-state index contributed by atoms with van der Waals surface area (Å²) in [6, 6.07) is 2.49. The summed E-state index contributed by atoms with van der Waals surface area (Å²) >= 11 is 1.77. The minimum atomic E-state index is -0.236. The summed E-state index contributed by atoms with van der Waals surface area (Å²) < 4.78 is 0. The number of likely N-dealkylation sites (tertiary alicyclic amines) is 1. The van der Waals surface area contributed by atoms with Gasteiger partial charge in [-0.3, -0.25) is 0 Å². The van der Waals surface area contributed by atoms with E-state index in [1.54, 1.807) is 11.3 Å². The topological polar surface area (TPSA) is 39.9 Å². The molecule has 0 spiro atoms. The Kier molecular flexibility index (Phi) is 3.13. The fourth-order valence-corrected chi connectivity index (χ4v) is 4.00. The average Bonchev–Trinajstić information content (AvgIpc) is 2.79. The van der Waals surface area contributed by atoms with Crippen LogP contribution in [0.3, 0.4) is 0 Å². The van der Waals surface area contributed by atoms with Crippen LogP contribution in [-0.2, 0) is 5.41 Å². The van der Waals surface area contributed by atoms with E-state index in [2.05, 4.69) is 23.4 Å². The standard InChI is InChI=1S/C14H19N3S/c1-17-7-3-11(4-8-17)13-16-12(9-18-13)14(10-15)5-2-6-14/h9,11H,2-8H2,1H3. The van der Waals surface area contributed by atoms with Gasteiger partial charge in [0.15, 0.2) is 0 Å². The Bertz CT molecular complexity index is 462. The molecule has 1 aliphatic heterocycles. The van der Waals surface area contributed by atoms with Crippen LogP contribution in [0.1, 0.15) is 48.7 Å². The highest BCUT2D eigenvalue weighted by Gasteiger charge is 2.41. The van der Waals surface area contributed by atoms with Gasteiger partial charge in [-0.05, 0) is 52.2 Å². The summed E-state index contributed by atoms with van der Waals surface area (Å²) in [4.78, 5) is 7.18. The fraction of sp³-hybridized carbons (Fsp3) is 0.714. The maximum atomic E-state index is 9.35. The summed E-state index contributed by atoms with van der Waals surface area (Å²) in [5.74, 6) is 0.621. The summed E-state index contributed by atoms with van der Waals surface area (Å²) in [6.45, 7) is 2.34.